The maximum Gasteiger partial charge on any atom is 0.450 e. The highest BCUT2D eigenvalue weighted by molar-refractivity contribution is 7.86. The van der Waals surface area contributed by atoms with Crippen LogP contribution < -0.4 is 0 Å². The molecule has 0 bridgehead atoms. The molecule has 0 aliphatic carbocycles. The summed E-state index contributed by atoms with van der Waals surface area (Å²) in [5, 5.41) is 0. The number of hydrogen-bond acceptors (Lipinski definition) is 4. The molecule has 1 rings (SSSR count). The highest BCUT2D eigenvalue weighted by atomic mass is 32.2. The van der Waals surface area contributed by atoms with Crippen LogP contribution in [0.25, 0.3) is 0 Å². The van der Waals surface area contributed by atoms with Crippen LogP contribution in [0.2, 0.25) is 0 Å². The van der Waals surface area contributed by atoms with Crippen LogP contribution in [0.3, 0.4) is 0 Å². The highest BCUT2D eigenvalue weighted by Crippen LogP contribution is 2.19. The Bertz CT molecular complexity index is 546. The molecule has 0 amide bonds. The van der Waals surface area contributed by atoms with Crippen LogP contribution in [0.4, 0.5) is 13.2 Å². The predicted octanol–water partition coefficient (Wildman–Crippen LogP) is 2.22. The van der Waals surface area contributed by atoms with E-state index in [4.69, 9.17) is 0 Å². The van der Waals surface area contributed by atoms with Gasteiger partial charge in [0.15, 0.2) is 0 Å². The third-order valence-corrected chi connectivity index (χ3v) is 3.52. The van der Waals surface area contributed by atoms with Crippen LogP contribution in [0, 0.1) is 6.92 Å². The van der Waals surface area contributed by atoms with E-state index in [2.05, 4.69) is 4.18 Å². The summed E-state index contributed by atoms with van der Waals surface area (Å²) in [5.41, 5.74) is 0.825. The first kappa shape index (κ1) is 15.6. The van der Waals surface area contributed by atoms with Gasteiger partial charge in [0, 0.05) is 6.42 Å². The molecule has 0 heterocycles. The second kappa shape index (κ2) is 5.70. The second-order valence-corrected chi connectivity index (χ2v) is 5.38. The summed E-state index contributed by atoms with van der Waals surface area (Å²) in [6.07, 6.45) is -6.01. The van der Waals surface area contributed by atoms with Crippen molar-refractivity contribution in [3.8, 4) is 0 Å². The van der Waals surface area contributed by atoms with Crippen LogP contribution in [-0.4, -0.2) is 27.0 Å². The standard InChI is InChI=1S/C11H11F3O4S/c1-8-2-4-9(5-3-8)19(16,17)18-7-6-10(15)11(12,13)14/h2-5H,6-7H2,1H3. The molecule has 0 aliphatic heterocycles. The van der Waals surface area contributed by atoms with Gasteiger partial charge in [-0.15, -0.1) is 0 Å². The molecule has 1 aromatic rings. The first-order valence-electron chi connectivity index (χ1n) is 5.19. The largest absolute Gasteiger partial charge is 0.450 e. The molecule has 0 saturated heterocycles. The lowest BCUT2D eigenvalue weighted by atomic mass is 10.2. The fourth-order valence-corrected chi connectivity index (χ4v) is 2.07. The van der Waals surface area contributed by atoms with Crippen molar-refractivity contribution in [1.29, 1.82) is 0 Å². The molecule has 106 valence electrons. The van der Waals surface area contributed by atoms with Gasteiger partial charge in [0.05, 0.1) is 11.5 Å². The van der Waals surface area contributed by atoms with E-state index in [-0.39, 0.29) is 4.90 Å². The van der Waals surface area contributed by atoms with Gasteiger partial charge in [-0.05, 0) is 19.1 Å². The minimum Gasteiger partial charge on any atom is -0.289 e. The average molecular weight is 296 g/mol. The van der Waals surface area contributed by atoms with Crippen LogP contribution >= 0.6 is 0 Å². The Kier molecular flexibility index (Phi) is 4.70. The van der Waals surface area contributed by atoms with E-state index in [0.717, 1.165) is 5.56 Å². The summed E-state index contributed by atoms with van der Waals surface area (Å²) in [6, 6.07) is 5.60. The minimum absolute atomic E-state index is 0.169. The zero-order valence-corrected chi connectivity index (χ0v) is 10.7. The molecular formula is C11H11F3O4S. The number of Topliss-reactive ketones (excluding diaryl/α,β-unsaturated/α-hetero) is 1. The molecule has 0 N–H and O–H groups in total. The van der Waals surface area contributed by atoms with Gasteiger partial charge in [-0.25, -0.2) is 0 Å². The minimum atomic E-state index is -4.98. The Hall–Kier alpha value is -1.41. The molecule has 0 spiro atoms. The van der Waals surface area contributed by atoms with Crippen molar-refractivity contribution in [2.75, 3.05) is 6.61 Å². The molecule has 19 heavy (non-hydrogen) atoms. The van der Waals surface area contributed by atoms with E-state index >= 15 is 0 Å². The van der Waals surface area contributed by atoms with Gasteiger partial charge in [-0.3, -0.25) is 8.98 Å². The van der Waals surface area contributed by atoms with Crippen molar-refractivity contribution in [2.45, 2.75) is 24.4 Å². The number of benzene rings is 1. The SMILES string of the molecule is Cc1ccc(S(=O)(=O)OCCC(=O)C(F)(F)F)cc1. The van der Waals surface area contributed by atoms with Crippen molar-refractivity contribution in [1.82, 2.24) is 0 Å². The van der Waals surface area contributed by atoms with Crippen LogP contribution in [0.5, 0.6) is 0 Å². The summed E-state index contributed by atoms with van der Waals surface area (Å²) in [4.78, 5) is 10.4. The number of carbonyl (C=O) groups is 1. The quantitative estimate of drug-likeness (QED) is 0.782. The Morgan fingerprint density at radius 1 is 1.21 bits per heavy atom. The maximum atomic E-state index is 11.9. The summed E-state index contributed by atoms with van der Waals surface area (Å²) in [5.74, 6) is -2.02. The molecule has 4 nitrogen and oxygen atoms in total. The topological polar surface area (TPSA) is 60.4 Å². The molecule has 0 radical (unpaired) electrons. The van der Waals surface area contributed by atoms with Gasteiger partial charge >= 0.3 is 6.18 Å². The van der Waals surface area contributed by atoms with Gasteiger partial charge in [0.1, 0.15) is 0 Å². The third kappa shape index (κ3) is 4.64. The zero-order chi connectivity index (χ0) is 14.7. The van der Waals surface area contributed by atoms with Crippen LogP contribution in [0.1, 0.15) is 12.0 Å². The van der Waals surface area contributed by atoms with Gasteiger partial charge < -0.3 is 0 Å². The van der Waals surface area contributed by atoms with Crippen molar-refractivity contribution >= 4 is 15.9 Å². The monoisotopic (exact) mass is 296 g/mol. The number of ketones is 1. The lowest BCUT2D eigenvalue weighted by Crippen LogP contribution is -2.24. The van der Waals surface area contributed by atoms with E-state index < -0.39 is 35.1 Å². The Morgan fingerprint density at radius 2 is 1.74 bits per heavy atom. The van der Waals surface area contributed by atoms with Gasteiger partial charge in [-0.1, -0.05) is 17.7 Å². The fourth-order valence-electron chi connectivity index (χ4n) is 1.16. The summed E-state index contributed by atoms with van der Waals surface area (Å²) in [7, 11) is -4.14. The number of rotatable bonds is 5. The normalized spacial score (nSPS) is 12.4. The Morgan fingerprint density at radius 3 is 2.21 bits per heavy atom. The zero-order valence-electron chi connectivity index (χ0n) is 9.90. The van der Waals surface area contributed by atoms with E-state index in [1.54, 1.807) is 6.92 Å². The van der Waals surface area contributed by atoms with Crippen molar-refractivity contribution < 1.29 is 30.6 Å². The van der Waals surface area contributed by atoms with Crippen molar-refractivity contribution in [2.24, 2.45) is 0 Å². The number of hydrogen-bond donors (Lipinski definition) is 0. The first-order valence-corrected chi connectivity index (χ1v) is 6.60. The lowest BCUT2D eigenvalue weighted by Gasteiger charge is -2.07. The highest BCUT2D eigenvalue weighted by Gasteiger charge is 2.37. The van der Waals surface area contributed by atoms with E-state index in [0.29, 0.717) is 0 Å². The fraction of sp³-hybridized carbons (Fsp3) is 0.364. The van der Waals surface area contributed by atoms with Crippen LogP contribution in [0.15, 0.2) is 29.2 Å². The molecule has 0 fully saturated rings. The molecule has 8 heteroatoms. The second-order valence-electron chi connectivity index (χ2n) is 3.76. The molecule has 0 aromatic heterocycles. The van der Waals surface area contributed by atoms with E-state index in [1.165, 1.54) is 24.3 Å². The summed E-state index contributed by atoms with van der Waals surface area (Å²) < 4.78 is 63.1. The predicted molar refractivity (Wildman–Crippen MR) is 60.0 cm³/mol. The number of alkyl halides is 3. The molecule has 0 atom stereocenters. The van der Waals surface area contributed by atoms with Gasteiger partial charge in [0.2, 0.25) is 5.78 Å². The van der Waals surface area contributed by atoms with Crippen molar-refractivity contribution in [3.05, 3.63) is 29.8 Å². The molecule has 0 unspecified atom stereocenters. The Labute approximate surface area is 108 Å². The van der Waals surface area contributed by atoms with Crippen molar-refractivity contribution in [3.63, 3.8) is 0 Å². The van der Waals surface area contributed by atoms with Crippen LogP contribution in [-0.2, 0) is 19.1 Å². The van der Waals surface area contributed by atoms with E-state index in [1.807, 2.05) is 0 Å². The number of aryl methyl sites for hydroxylation is 1. The number of carbonyl (C=O) groups excluding carboxylic acids is 1. The third-order valence-electron chi connectivity index (χ3n) is 2.19. The first-order chi connectivity index (χ1) is 8.63. The average Bonchev–Trinajstić information content (AvgIpc) is 2.28. The van der Waals surface area contributed by atoms with Gasteiger partial charge in [0.25, 0.3) is 10.1 Å². The lowest BCUT2D eigenvalue weighted by molar-refractivity contribution is -0.171. The molecule has 1 aromatic carbocycles. The molecular weight excluding hydrogens is 285 g/mol. The van der Waals surface area contributed by atoms with Gasteiger partial charge in [-0.2, -0.15) is 21.6 Å². The summed E-state index contributed by atoms with van der Waals surface area (Å²) >= 11 is 0. The number of halogens is 3. The summed E-state index contributed by atoms with van der Waals surface area (Å²) in [6.45, 7) is 0.911. The molecule has 0 saturated carbocycles. The van der Waals surface area contributed by atoms with E-state index in [9.17, 15) is 26.4 Å². The maximum absolute atomic E-state index is 11.9. The Balaban J connectivity index is 2.62. The molecule has 0 aliphatic rings. The smallest absolute Gasteiger partial charge is 0.289 e.